The van der Waals surface area contributed by atoms with E-state index in [0.29, 0.717) is 22.3 Å². The zero-order chi connectivity index (χ0) is 21.5. The lowest BCUT2D eigenvalue weighted by atomic mass is 10.2. The molecule has 0 fully saturated rings. The van der Waals surface area contributed by atoms with Gasteiger partial charge in [0.1, 0.15) is 0 Å². The van der Waals surface area contributed by atoms with Crippen LogP contribution in [0.5, 0.6) is 11.5 Å². The van der Waals surface area contributed by atoms with E-state index in [9.17, 15) is 10.1 Å². The van der Waals surface area contributed by atoms with Gasteiger partial charge in [-0.15, -0.1) is 11.3 Å². The van der Waals surface area contributed by atoms with Crippen molar-refractivity contribution >= 4 is 40.0 Å². The first kappa shape index (κ1) is 21.5. The van der Waals surface area contributed by atoms with Crippen LogP contribution in [0.15, 0.2) is 46.9 Å². The van der Waals surface area contributed by atoms with Crippen molar-refractivity contribution in [2.45, 2.75) is 13.3 Å². The molecule has 156 valence electrons. The lowest BCUT2D eigenvalue weighted by Gasteiger charge is -2.11. The van der Waals surface area contributed by atoms with Crippen LogP contribution in [-0.4, -0.2) is 29.8 Å². The molecule has 10 heteroatoms. The first-order valence-electron chi connectivity index (χ1n) is 9.01. The fourth-order valence-electron chi connectivity index (χ4n) is 2.56. The van der Waals surface area contributed by atoms with Crippen LogP contribution in [-0.2, 0) is 0 Å². The van der Waals surface area contributed by atoms with E-state index in [1.54, 1.807) is 18.2 Å². The Morgan fingerprint density at radius 2 is 2.10 bits per heavy atom. The quantitative estimate of drug-likeness (QED) is 0.260. The number of thiazole rings is 1. The third-order valence-electron chi connectivity index (χ3n) is 3.94. The number of nitro groups is 1. The molecule has 0 atom stereocenters. The highest BCUT2D eigenvalue weighted by atomic mass is 35.5. The molecule has 0 radical (unpaired) electrons. The maximum Gasteiger partial charge on any atom is 0.315 e. The fourth-order valence-corrected chi connectivity index (χ4v) is 3.35. The number of nitrogens with one attached hydrogen (secondary N) is 1. The number of nitro benzene ring substituents is 1. The predicted molar refractivity (Wildman–Crippen MR) is 119 cm³/mol. The summed E-state index contributed by atoms with van der Waals surface area (Å²) in [5.74, 6) is 0.389. The zero-order valence-electron chi connectivity index (χ0n) is 16.3. The molecular weight excluding hydrogens is 428 g/mol. The van der Waals surface area contributed by atoms with Gasteiger partial charge in [-0.25, -0.2) is 4.98 Å². The van der Waals surface area contributed by atoms with Crippen LogP contribution in [0.25, 0.3) is 11.3 Å². The number of rotatable bonds is 9. The molecule has 1 N–H and O–H groups in total. The minimum absolute atomic E-state index is 0.113. The molecule has 0 aliphatic carbocycles. The van der Waals surface area contributed by atoms with Gasteiger partial charge < -0.3 is 9.47 Å². The van der Waals surface area contributed by atoms with E-state index in [4.69, 9.17) is 21.1 Å². The van der Waals surface area contributed by atoms with Crippen LogP contribution in [0.4, 0.5) is 10.8 Å². The number of halogens is 1. The normalized spacial score (nSPS) is 10.9. The van der Waals surface area contributed by atoms with E-state index < -0.39 is 4.92 Å². The van der Waals surface area contributed by atoms with Crippen LogP contribution >= 0.6 is 22.9 Å². The van der Waals surface area contributed by atoms with Crippen molar-refractivity contribution in [3.63, 3.8) is 0 Å². The van der Waals surface area contributed by atoms with E-state index in [-0.39, 0.29) is 17.2 Å². The molecule has 0 aliphatic heterocycles. The van der Waals surface area contributed by atoms with Crippen LogP contribution in [0, 0.1) is 10.1 Å². The summed E-state index contributed by atoms with van der Waals surface area (Å²) in [4.78, 5) is 15.4. The Balaban J connectivity index is 1.76. The second-order valence-electron chi connectivity index (χ2n) is 6.09. The van der Waals surface area contributed by atoms with Crippen LogP contribution in [0.3, 0.4) is 0 Å². The minimum Gasteiger partial charge on any atom is -0.493 e. The molecule has 2 aromatic carbocycles. The molecule has 0 saturated carbocycles. The number of methoxy groups -OCH3 is 1. The summed E-state index contributed by atoms with van der Waals surface area (Å²) >= 11 is 7.30. The molecule has 1 heterocycles. The van der Waals surface area contributed by atoms with E-state index in [0.717, 1.165) is 17.7 Å². The predicted octanol–water partition coefficient (Wildman–Crippen LogP) is 5.62. The summed E-state index contributed by atoms with van der Waals surface area (Å²) in [5, 5.41) is 18.7. The van der Waals surface area contributed by atoms with Gasteiger partial charge in [0, 0.05) is 27.6 Å². The number of anilines is 1. The molecule has 0 saturated heterocycles. The maximum absolute atomic E-state index is 11.5. The Morgan fingerprint density at radius 3 is 2.77 bits per heavy atom. The average Bonchev–Trinajstić information content (AvgIpc) is 3.21. The molecule has 3 aromatic rings. The second kappa shape index (κ2) is 10.0. The summed E-state index contributed by atoms with van der Waals surface area (Å²) in [6, 6.07) is 10.4. The van der Waals surface area contributed by atoms with Crippen molar-refractivity contribution in [2.24, 2.45) is 5.10 Å². The number of ether oxygens (including phenoxy) is 2. The zero-order valence-corrected chi connectivity index (χ0v) is 17.9. The SMILES string of the molecule is CCCOc1c(OC)cc(/C=N\Nc2nc(-c3ccc(Cl)cc3)cs2)cc1[N+](=O)[O-]. The van der Waals surface area contributed by atoms with E-state index in [1.807, 2.05) is 24.4 Å². The third kappa shape index (κ3) is 5.25. The lowest BCUT2D eigenvalue weighted by molar-refractivity contribution is -0.386. The highest BCUT2D eigenvalue weighted by Crippen LogP contribution is 2.38. The largest absolute Gasteiger partial charge is 0.493 e. The van der Waals surface area contributed by atoms with Crippen molar-refractivity contribution in [1.29, 1.82) is 0 Å². The van der Waals surface area contributed by atoms with Gasteiger partial charge in [0.15, 0.2) is 5.75 Å². The maximum atomic E-state index is 11.5. The summed E-state index contributed by atoms with van der Waals surface area (Å²) in [6.45, 7) is 2.27. The topological polar surface area (TPSA) is 98.9 Å². The third-order valence-corrected chi connectivity index (χ3v) is 4.94. The first-order valence-corrected chi connectivity index (χ1v) is 10.3. The molecule has 0 unspecified atom stereocenters. The van der Waals surface area contributed by atoms with Gasteiger partial charge in [-0.2, -0.15) is 5.10 Å². The average molecular weight is 447 g/mol. The number of benzene rings is 2. The molecule has 0 spiro atoms. The Kier molecular flexibility index (Phi) is 7.21. The Bertz CT molecular complexity index is 1050. The number of aromatic nitrogens is 1. The van der Waals surface area contributed by atoms with Crippen LogP contribution < -0.4 is 14.9 Å². The monoisotopic (exact) mass is 446 g/mol. The Morgan fingerprint density at radius 1 is 1.33 bits per heavy atom. The molecule has 3 rings (SSSR count). The fraction of sp³-hybridized carbons (Fsp3) is 0.200. The van der Waals surface area contributed by atoms with Gasteiger partial charge in [-0.3, -0.25) is 15.5 Å². The summed E-state index contributed by atoms with van der Waals surface area (Å²) in [6.07, 6.45) is 2.18. The highest BCUT2D eigenvalue weighted by Gasteiger charge is 2.21. The standard InChI is InChI=1S/C20H19ClN4O4S/c1-3-8-29-19-17(25(26)27)9-13(10-18(19)28-2)11-22-24-20-23-16(12-30-20)14-4-6-15(21)7-5-14/h4-7,9-12H,3,8H2,1-2H3,(H,23,24)/b22-11-. The highest BCUT2D eigenvalue weighted by molar-refractivity contribution is 7.14. The van der Waals surface area contributed by atoms with Gasteiger partial charge in [0.05, 0.1) is 30.5 Å². The van der Waals surface area contributed by atoms with Gasteiger partial charge in [0.25, 0.3) is 0 Å². The Hall–Kier alpha value is -3.17. The van der Waals surface area contributed by atoms with Gasteiger partial charge in [-0.1, -0.05) is 30.7 Å². The molecular formula is C20H19ClN4O4S. The molecule has 0 amide bonds. The lowest BCUT2D eigenvalue weighted by Crippen LogP contribution is -2.03. The van der Waals surface area contributed by atoms with Crippen LogP contribution in [0.1, 0.15) is 18.9 Å². The van der Waals surface area contributed by atoms with Gasteiger partial charge >= 0.3 is 5.69 Å². The van der Waals surface area contributed by atoms with Crippen LogP contribution in [0.2, 0.25) is 5.02 Å². The van der Waals surface area contributed by atoms with E-state index in [2.05, 4.69) is 15.5 Å². The van der Waals surface area contributed by atoms with Crippen molar-refractivity contribution in [1.82, 2.24) is 4.98 Å². The molecule has 8 nitrogen and oxygen atoms in total. The van der Waals surface area contributed by atoms with Gasteiger partial charge in [-0.05, 0) is 24.6 Å². The smallest absolute Gasteiger partial charge is 0.315 e. The van der Waals surface area contributed by atoms with E-state index in [1.165, 1.54) is 30.7 Å². The van der Waals surface area contributed by atoms with Crippen molar-refractivity contribution in [3.05, 3.63) is 62.5 Å². The van der Waals surface area contributed by atoms with Crippen molar-refractivity contribution in [2.75, 3.05) is 19.1 Å². The second-order valence-corrected chi connectivity index (χ2v) is 7.39. The van der Waals surface area contributed by atoms with Crippen molar-refractivity contribution in [3.8, 4) is 22.8 Å². The molecule has 0 aliphatic rings. The van der Waals surface area contributed by atoms with Gasteiger partial charge in [0.2, 0.25) is 10.9 Å². The molecule has 0 bridgehead atoms. The Labute approximate surface area is 182 Å². The molecule has 1 aromatic heterocycles. The van der Waals surface area contributed by atoms with E-state index >= 15 is 0 Å². The summed E-state index contributed by atoms with van der Waals surface area (Å²) < 4.78 is 10.8. The summed E-state index contributed by atoms with van der Waals surface area (Å²) in [7, 11) is 1.44. The number of hydrogen-bond acceptors (Lipinski definition) is 8. The number of hydrogen-bond donors (Lipinski definition) is 1. The molecule has 30 heavy (non-hydrogen) atoms. The summed E-state index contributed by atoms with van der Waals surface area (Å²) in [5.41, 5.74) is 4.89. The minimum atomic E-state index is -0.502. The van der Waals surface area contributed by atoms with Crippen molar-refractivity contribution < 1.29 is 14.4 Å². The number of hydrazone groups is 1. The first-order chi connectivity index (χ1) is 14.5. The number of nitrogens with zero attached hydrogens (tertiary/aromatic N) is 3.